The van der Waals surface area contributed by atoms with Gasteiger partial charge >= 0.3 is 0 Å². The fraction of sp³-hybridized carbons (Fsp3) is 0.294. The van der Waals surface area contributed by atoms with Gasteiger partial charge in [0.05, 0.1) is 0 Å². The molecule has 0 aromatic heterocycles. The summed E-state index contributed by atoms with van der Waals surface area (Å²) in [5.74, 6) is 5.31. The summed E-state index contributed by atoms with van der Waals surface area (Å²) in [4.78, 5) is 0. The zero-order valence-corrected chi connectivity index (χ0v) is 12.8. The first-order valence-electron chi connectivity index (χ1n) is 7.04. The molecule has 0 saturated carbocycles. The minimum atomic E-state index is -0.280. The predicted molar refractivity (Wildman–Crippen MR) is 85.7 cm³/mol. The molecule has 2 aromatic carbocycles. The molecule has 3 N–H and O–H groups in total. The molecule has 112 valence electrons. The Kier molecular flexibility index (Phi) is 5.74. The average Bonchev–Trinajstić information content (AvgIpc) is 2.47. The molecule has 0 bridgehead atoms. The van der Waals surface area contributed by atoms with Gasteiger partial charge in [-0.25, -0.2) is 4.39 Å². The van der Waals surface area contributed by atoms with E-state index in [2.05, 4.69) is 36.6 Å². The molecule has 2 nitrogen and oxygen atoms in total. The van der Waals surface area contributed by atoms with Crippen LogP contribution in [-0.4, -0.2) is 6.04 Å². The molecule has 0 amide bonds. The van der Waals surface area contributed by atoms with Crippen molar-refractivity contribution in [3.63, 3.8) is 0 Å². The number of hydrogen-bond acceptors (Lipinski definition) is 2. The van der Waals surface area contributed by atoms with Gasteiger partial charge in [0.2, 0.25) is 0 Å². The van der Waals surface area contributed by atoms with Gasteiger partial charge in [0.25, 0.3) is 0 Å². The summed E-state index contributed by atoms with van der Waals surface area (Å²) in [5.41, 5.74) is 5.91. The number of hydrogen-bond donors (Lipinski definition) is 2. The lowest BCUT2D eigenvalue weighted by atomic mass is 9.99. The molecular weight excluding hydrogens is 287 g/mol. The van der Waals surface area contributed by atoms with Gasteiger partial charge in [0.1, 0.15) is 5.82 Å². The third-order valence-corrected chi connectivity index (χ3v) is 3.85. The van der Waals surface area contributed by atoms with Gasteiger partial charge < -0.3 is 0 Å². The van der Waals surface area contributed by atoms with Crippen LogP contribution in [0.25, 0.3) is 0 Å². The highest BCUT2D eigenvalue weighted by molar-refractivity contribution is 6.30. The summed E-state index contributed by atoms with van der Waals surface area (Å²) in [6.07, 6.45) is 2.30. The summed E-state index contributed by atoms with van der Waals surface area (Å²) in [7, 11) is 0. The summed E-state index contributed by atoms with van der Waals surface area (Å²) in [5, 5.41) is 0.410. The maximum Gasteiger partial charge on any atom is 0.127 e. The summed E-state index contributed by atoms with van der Waals surface area (Å²) in [6, 6.07) is 13.2. The normalized spacial score (nSPS) is 12.4. The number of aryl methyl sites for hydroxylation is 2. The summed E-state index contributed by atoms with van der Waals surface area (Å²) < 4.78 is 13.8. The molecule has 0 aliphatic carbocycles. The Morgan fingerprint density at radius 3 is 2.52 bits per heavy atom. The van der Waals surface area contributed by atoms with Gasteiger partial charge in [-0.05, 0) is 49.4 Å². The minimum Gasteiger partial charge on any atom is -0.271 e. The molecule has 0 spiro atoms. The van der Waals surface area contributed by atoms with E-state index >= 15 is 0 Å². The third kappa shape index (κ3) is 4.81. The van der Waals surface area contributed by atoms with Crippen molar-refractivity contribution in [1.29, 1.82) is 0 Å². The standard InChI is InChI=1S/C17H20ClFN2/c1-12-2-4-13(5-3-12)6-9-16(21-20)10-14-7-8-15(18)11-17(14)19/h2-5,7-8,11,16,21H,6,9-10,20H2,1H3. The molecule has 2 rings (SSSR count). The van der Waals surface area contributed by atoms with E-state index in [0.717, 1.165) is 12.8 Å². The van der Waals surface area contributed by atoms with Gasteiger partial charge in [0.15, 0.2) is 0 Å². The average molecular weight is 307 g/mol. The van der Waals surface area contributed by atoms with Crippen molar-refractivity contribution in [1.82, 2.24) is 5.43 Å². The quantitative estimate of drug-likeness (QED) is 0.629. The van der Waals surface area contributed by atoms with Crippen LogP contribution in [0, 0.1) is 12.7 Å². The van der Waals surface area contributed by atoms with Crippen molar-refractivity contribution in [2.24, 2.45) is 5.84 Å². The number of hydrazine groups is 1. The van der Waals surface area contributed by atoms with Crippen LogP contribution in [0.5, 0.6) is 0 Å². The second-order valence-corrected chi connectivity index (χ2v) is 5.76. The second kappa shape index (κ2) is 7.55. The Labute approximate surface area is 130 Å². The monoisotopic (exact) mass is 306 g/mol. The molecule has 0 aliphatic rings. The molecule has 4 heteroatoms. The van der Waals surface area contributed by atoms with Gasteiger partial charge in [-0.1, -0.05) is 47.5 Å². The Morgan fingerprint density at radius 2 is 1.90 bits per heavy atom. The lowest BCUT2D eigenvalue weighted by molar-refractivity contribution is 0.480. The van der Waals surface area contributed by atoms with Crippen molar-refractivity contribution in [3.8, 4) is 0 Å². The van der Waals surface area contributed by atoms with Gasteiger partial charge in [0, 0.05) is 11.1 Å². The van der Waals surface area contributed by atoms with Gasteiger partial charge in [-0.2, -0.15) is 0 Å². The highest BCUT2D eigenvalue weighted by Crippen LogP contribution is 2.17. The molecule has 0 saturated heterocycles. The maximum atomic E-state index is 13.8. The van der Waals surface area contributed by atoms with Crippen molar-refractivity contribution >= 4 is 11.6 Å². The SMILES string of the molecule is Cc1ccc(CCC(Cc2ccc(Cl)cc2F)NN)cc1. The topological polar surface area (TPSA) is 38.0 Å². The Morgan fingerprint density at radius 1 is 1.19 bits per heavy atom. The van der Waals surface area contributed by atoms with E-state index in [1.165, 1.54) is 17.2 Å². The first-order valence-corrected chi connectivity index (χ1v) is 7.42. The van der Waals surface area contributed by atoms with Crippen LogP contribution in [0.15, 0.2) is 42.5 Å². The molecule has 21 heavy (non-hydrogen) atoms. The summed E-state index contributed by atoms with van der Waals surface area (Å²) >= 11 is 5.76. The number of halogens is 2. The number of rotatable bonds is 6. The number of nitrogens with one attached hydrogen (secondary N) is 1. The molecule has 0 heterocycles. The van der Waals surface area contributed by atoms with Crippen LogP contribution in [0.1, 0.15) is 23.1 Å². The third-order valence-electron chi connectivity index (χ3n) is 3.62. The molecule has 1 atom stereocenters. The van der Waals surface area contributed by atoms with Crippen molar-refractivity contribution in [2.45, 2.75) is 32.2 Å². The van der Waals surface area contributed by atoms with Gasteiger partial charge in [-0.3, -0.25) is 11.3 Å². The number of nitrogens with two attached hydrogens (primary N) is 1. The highest BCUT2D eigenvalue weighted by atomic mass is 35.5. The van der Waals surface area contributed by atoms with Gasteiger partial charge in [-0.15, -0.1) is 0 Å². The van der Waals surface area contributed by atoms with E-state index in [4.69, 9.17) is 17.4 Å². The Balaban J connectivity index is 1.95. The second-order valence-electron chi connectivity index (χ2n) is 5.33. The first-order chi connectivity index (χ1) is 10.1. The van der Waals surface area contributed by atoms with Crippen LogP contribution < -0.4 is 11.3 Å². The minimum absolute atomic E-state index is 0.0296. The lowest BCUT2D eigenvalue weighted by Crippen LogP contribution is -2.37. The van der Waals surface area contributed by atoms with Crippen molar-refractivity contribution < 1.29 is 4.39 Å². The fourth-order valence-corrected chi connectivity index (χ4v) is 2.45. The zero-order valence-electron chi connectivity index (χ0n) is 12.1. The van der Waals surface area contributed by atoms with Crippen LogP contribution in [0.3, 0.4) is 0 Å². The maximum absolute atomic E-state index is 13.8. The molecule has 0 fully saturated rings. The van der Waals surface area contributed by atoms with E-state index in [0.29, 0.717) is 17.0 Å². The lowest BCUT2D eigenvalue weighted by Gasteiger charge is -2.16. The largest absolute Gasteiger partial charge is 0.271 e. The van der Waals surface area contributed by atoms with Crippen LogP contribution >= 0.6 is 11.6 Å². The van der Waals surface area contributed by atoms with Crippen molar-refractivity contribution in [2.75, 3.05) is 0 Å². The van der Waals surface area contributed by atoms with E-state index < -0.39 is 0 Å². The zero-order chi connectivity index (χ0) is 15.2. The van der Waals surface area contributed by atoms with Crippen LogP contribution in [0.2, 0.25) is 5.02 Å². The molecule has 1 unspecified atom stereocenters. The first kappa shape index (κ1) is 16.0. The summed E-state index contributed by atoms with van der Waals surface area (Å²) in [6.45, 7) is 2.07. The smallest absolute Gasteiger partial charge is 0.127 e. The van der Waals surface area contributed by atoms with Crippen molar-refractivity contribution in [3.05, 3.63) is 70.0 Å². The Bertz CT molecular complexity index is 584. The molecular formula is C17H20ClFN2. The Hall–Kier alpha value is -1.42. The fourth-order valence-electron chi connectivity index (χ4n) is 2.29. The van der Waals surface area contributed by atoms with E-state index in [9.17, 15) is 4.39 Å². The number of benzene rings is 2. The van der Waals surface area contributed by atoms with E-state index in [-0.39, 0.29) is 11.9 Å². The van der Waals surface area contributed by atoms with E-state index in [1.807, 2.05) is 0 Å². The van der Waals surface area contributed by atoms with Crippen LogP contribution in [-0.2, 0) is 12.8 Å². The molecule has 0 radical (unpaired) electrons. The highest BCUT2D eigenvalue weighted by Gasteiger charge is 2.11. The van der Waals surface area contributed by atoms with Crippen LogP contribution in [0.4, 0.5) is 4.39 Å². The molecule has 2 aromatic rings. The predicted octanol–water partition coefficient (Wildman–Crippen LogP) is 3.79. The van der Waals surface area contributed by atoms with E-state index in [1.54, 1.807) is 12.1 Å². The molecule has 0 aliphatic heterocycles.